The molecule has 0 aliphatic heterocycles. The molecule has 0 heterocycles. The zero-order valence-electron chi connectivity index (χ0n) is 12.3. The molecule has 0 fully saturated rings. The van der Waals surface area contributed by atoms with Crippen LogP contribution in [0.25, 0.3) is 0 Å². The summed E-state index contributed by atoms with van der Waals surface area (Å²) in [6.45, 7) is 5.00. The Labute approximate surface area is 122 Å². The molecule has 0 amide bonds. The number of rotatable bonds is 6. The van der Waals surface area contributed by atoms with Crippen LogP contribution in [0.4, 0.5) is 5.69 Å². The van der Waals surface area contributed by atoms with Gasteiger partial charge in [-0.2, -0.15) is 0 Å². The van der Waals surface area contributed by atoms with E-state index in [1.165, 1.54) is 11.1 Å². The van der Waals surface area contributed by atoms with Crippen molar-refractivity contribution < 1.29 is 0 Å². The van der Waals surface area contributed by atoms with Gasteiger partial charge in [-0.1, -0.05) is 55.0 Å². The standard InChI is InChI=1S/C18H24N2/c1-14-8-10-17(11-9-14)20-18(13-19)12-15(2)16-6-4-3-5-7-16/h3-11,15,18,20H,12-13,19H2,1-2H3. The van der Waals surface area contributed by atoms with Crippen LogP contribution in [0.2, 0.25) is 0 Å². The number of hydrogen-bond acceptors (Lipinski definition) is 2. The van der Waals surface area contributed by atoms with E-state index in [0.717, 1.165) is 12.1 Å². The molecule has 0 radical (unpaired) electrons. The number of nitrogens with one attached hydrogen (secondary N) is 1. The van der Waals surface area contributed by atoms with E-state index in [-0.39, 0.29) is 0 Å². The normalized spacial score (nSPS) is 13.8. The van der Waals surface area contributed by atoms with Crippen LogP contribution in [0, 0.1) is 6.92 Å². The van der Waals surface area contributed by atoms with Crippen LogP contribution in [0.5, 0.6) is 0 Å². The Bertz CT molecular complexity index is 505. The first kappa shape index (κ1) is 14.6. The quantitative estimate of drug-likeness (QED) is 0.833. The zero-order valence-corrected chi connectivity index (χ0v) is 12.3. The Morgan fingerprint density at radius 1 is 1.00 bits per heavy atom. The van der Waals surface area contributed by atoms with Gasteiger partial charge in [0.1, 0.15) is 0 Å². The topological polar surface area (TPSA) is 38.0 Å². The van der Waals surface area contributed by atoms with Crippen molar-refractivity contribution in [3.63, 3.8) is 0 Å². The summed E-state index contributed by atoms with van der Waals surface area (Å²) in [5.74, 6) is 0.502. The Balaban J connectivity index is 1.97. The van der Waals surface area contributed by atoms with Crippen LogP contribution in [0.1, 0.15) is 30.4 Å². The molecule has 106 valence electrons. The molecule has 2 aromatic carbocycles. The molecule has 0 bridgehead atoms. The molecule has 0 aliphatic rings. The first-order valence-corrected chi connectivity index (χ1v) is 7.27. The summed E-state index contributed by atoms with van der Waals surface area (Å²) in [5.41, 5.74) is 9.71. The van der Waals surface area contributed by atoms with Crippen molar-refractivity contribution in [3.8, 4) is 0 Å². The lowest BCUT2D eigenvalue weighted by Gasteiger charge is -2.22. The Morgan fingerprint density at radius 2 is 1.65 bits per heavy atom. The first-order valence-electron chi connectivity index (χ1n) is 7.27. The van der Waals surface area contributed by atoms with E-state index in [9.17, 15) is 0 Å². The third-order valence-corrected chi connectivity index (χ3v) is 3.71. The van der Waals surface area contributed by atoms with Crippen LogP contribution in [-0.4, -0.2) is 12.6 Å². The fraction of sp³-hybridized carbons (Fsp3) is 0.333. The second-order valence-corrected chi connectivity index (χ2v) is 5.49. The summed E-state index contributed by atoms with van der Waals surface area (Å²) in [7, 11) is 0. The predicted molar refractivity (Wildman–Crippen MR) is 87.1 cm³/mol. The minimum absolute atomic E-state index is 0.299. The SMILES string of the molecule is Cc1ccc(NC(CN)CC(C)c2ccccc2)cc1. The van der Waals surface area contributed by atoms with Gasteiger partial charge in [0.05, 0.1) is 0 Å². The van der Waals surface area contributed by atoms with Gasteiger partial charge in [0, 0.05) is 18.3 Å². The smallest absolute Gasteiger partial charge is 0.0389 e. The number of anilines is 1. The molecular weight excluding hydrogens is 244 g/mol. The molecule has 0 aromatic heterocycles. The predicted octanol–water partition coefficient (Wildman–Crippen LogP) is 3.93. The Hall–Kier alpha value is -1.80. The number of nitrogens with two attached hydrogens (primary N) is 1. The van der Waals surface area contributed by atoms with Crippen LogP contribution in [0.15, 0.2) is 54.6 Å². The third kappa shape index (κ3) is 4.10. The van der Waals surface area contributed by atoms with Gasteiger partial charge in [-0.3, -0.25) is 0 Å². The van der Waals surface area contributed by atoms with Gasteiger partial charge < -0.3 is 11.1 Å². The fourth-order valence-corrected chi connectivity index (χ4v) is 2.44. The summed E-state index contributed by atoms with van der Waals surface area (Å²) < 4.78 is 0. The molecule has 2 nitrogen and oxygen atoms in total. The summed E-state index contributed by atoms with van der Waals surface area (Å²) >= 11 is 0. The highest BCUT2D eigenvalue weighted by molar-refractivity contribution is 5.45. The lowest BCUT2D eigenvalue weighted by Crippen LogP contribution is -2.30. The van der Waals surface area contributed by atoms with Crippen LogP contribution >= 0.6 is 0 Å². The van der Waals surface area contributed by atoms with Gasteiger partial charge in [0.2, 0.25) is 0 Å². The largest absolute Gasteiger partial charge is 0.381 e. The minimum atomic E-state index is 0.299. The van der Waals surface area contributed by atoms with Crippen molar-refractivity contribution in [3.05, 3.63) is 65.7 Å². The van der Waals surface area contributed by atoms with Crippen molar-refractivity contribution in [2.24, 2.45) is 5.73 Å². The minimum Gasteiger partial charge on any atom is -0.381 e. The average Bonchev–Trinajstić information content (AvgIpc) is 2.49. The molecule has 2 aromatic rings. The molecule has 0 aliphatic carbocycles. The second-order valence-electron chi connectivity index (χ2n) is 5.49. The molecule has 0 spiro atoms. The van der Waals surface area contributed by atoms with Crippen molar-refractivity contribution >= 4 is 5.69 Å². The molecule has 20 heavy (non-hydrogen) atoms. The van der Waals surface area contributed by atoms with Crippen molar-refractivity contribution in [1.29, 1.82) is 0 Å². The van der Waals surface area contributed by atoms with Gasteiger partial charge in [-0.15, -0.1) is 0 Å². The molecule has 0 saturated heterocycles. The highest BCUT2D eigenvalue weighted by Gasteiger charge is 2.13. The van der Waals surface area contributed by atoms with E-state index in [4.69, 9.17) is 5.73 Å². The molecule has 2 unspecified atom stereocenters. The molecule has 0 saturated carbocycles. The monoisotopic (exact) mass is 268 g/mol. The molecular formula is C18H24N2. The van der Waals surface area contributed by atoms with Gasteiger partial charge in [-0.25, -0.2) is 0 Å². The van der Waals surface area contributed by atoms with E-state index in [2.05, 4.69) is 73.8 Å². The van der Waals surface area contributed by atoms with Crippen molar-refractivity contribution in [1.82, 2.24) is 0 Å². The summed E-state index contributed by atoms with van der Waals surface area (Å²) in [6.07, 6.45) is 1.04. The summed E-state index contributed by atoms with van der Waals surface area (Å²) in [6, 6.07) is 19.4. The van der Waals surface area contributed by atoms with E-state index in [1.807, 2.05) is 0 Å². The Morgan fingerprint density at radius 3 is 2.25 bits per heavy atom. The summed E-state index contributed by atoms with van der Waals surface area (Å²) in [4.78, 5) is 0. The van der Waals surface area contributed by atoms with Crippen molar-refractivity contribution in [2.45, 2.75) is 32.2 Å². The molecule has 2 heteroatoms. The Kier molecular flexibility index (Phi) is 5.19. The van der Waals surface area contributed by atoms with Gasteiger partial charge in [-0.05, 0) is 37.0 Å². The van der Waals surface area contributed by atoms with Crippen LogP contribution < -0.4 is 11.1 Å². The van der Waals surface area contributed by atoms with E-state index >= 15 is 0 Å². The number of aryl methyl sites for hydroxylation is 1. The van der Waals surface area contributed by atoms with Crippen LogP contribution in [0.3, 0.4) is 0 Å². The zero-order chi connectivity index (χ0) is 14.4. The maximum Gasteiger partial charge on any atom is 0.0389 e. The van der Waals surface area contributed by atoms with E-state index < -0.39 is 0 Å². The maximum atomic E-state index is 5.91. The number of benzene rings is 2. The average molecular weight is 268 g/mol. The maximum absolute atomic E-state index is 5.91. The summed E-state index contributed by atoms with van der Waals surface area (Å²) in [5, 5.41) is 3.53. The molecule has 3 N–H and O–H groups in total. The van der Waals surface area contributed by atoms with Crippen LogP contribution in [-0.2, 0) is 0 Å². The fourth-order valence-electron chi connectivity index (χ4n) is 2.44. The first-order chi connectivity index (χ1) is 9.69. The van der Waals surface area contributed by atoms with Gasteiger partial charge >= 0.3 is 0 Å². The second kappa shape index (κ2) is 7.11. The molecule has 2 atom stereocenters. The third-order valence-electron chi connectivity index (χ3n) is 3.71. The van der Waals surface area contributed by atoms with E-state index in [0.29, 0.717) is 18.5 Å². The van der Waals surface area contributed by atoms with Gasteiger partial charge in [0.15, 0.2) is 0 Å². The molecule has 2 rings (SSSR count). The van der Waals surface area contributed by atoms with Crippen molar-refractivity contribution in [2.75, 3.05) is 11.9 Å². The van der Waals surface area contributed by atoms with Gasteiger partial charge in [0.25, 0.3) is 0 Å². The highest BCUT2D eigenvalue weighted by atomic mass is 14.9. The van der Waals surface area contributed by atoms with E-state index in [1.54, 1.807) is 0 Å². The lowest BCUT2D eigenvalue weighted by atomic mass is 9.94. The lowest BCUT2D eigenvalue weighted by molar-refractivity contribution is 0.586. The number of hydrogen-bond donors (Lipinski definition) is 2. The highest BCUT2D eigenvalue weighted by Crippen LogP contribution is 2.22.